The van der Waals surface area contributed by atoms with Gasteiger partial charge in [-0.3, -0.25) is 0 Å². The molecule has 12 aromatic rings. The Hall–Kier alpha value is -8.98. The van der Waals surface area contributed by atoms with Gasteiger partial charge in [0.15, 0.2) is 0 Å². The first-order valence-corrected chi connectivity index (χ1v) is 25.8. The van der Waals surface area contributed by atoms with Crippen LogP contribution in [-0.4, -0.2) is 4.57 Å². The highest BCUT2D eigenvalue weighted by Gasteiger charge is 2.54. The summed E-state index contributed by atoms with van der Waals surface area (Å²) in [6.07, 6.45) is 0. The van der Waals surface area contributed by atoms with Crippen LogP contribution in [0.15, 0.2) is 243 Å². The average Bonchev–Trinajstić information content (AvgIpc) is 4.19. The lowest BCUT2D eigenvalue weighted by molar-refractivity contribution is 0.660. The number of benzene rings is 11. The number of hydrogen-bond acceptors (Lipinski definition) is 1. The molecule has 2 heterocycles. The molecule has 0 N–H and O–H groups in total. The molecule has 340 valence electrons. The van der Waals surface area contributed by atoms with E-state index in [-0.39, 0.29) is 5.41 Å². The molecule has 0 saturated carbocycles. The number of aromatic nitrogens is 1. The molecule has 2 spiro atoms. The summed E-state index contributed by atoms with van der Waals surface area (Å²) in [7, 11) is 0. The molecule has 1 aliphatic heterocycles. The van der Waals surface area contributed by atoms with E-state index in [1.54, 1.807) is 0 Å². The van der Waals surface area contributed by atoms with Crippen LogP contribution in [0.3, 0.4) is 0 Å². The van der Waals surface area contributed by atoms with Gasteiger partial charge in [0, 0.05) is 33.1 Å². The van der Waals surface area contributed by atoms with Crippen LogP contribution in [0.1, 0.15) is 69.5 Å². The highest BCUT2D eigenvalue weighted by atomic mass is 15.1. The molecule has 0 bridgehead atoms. The van der Waals surface area contributed by atoms with Crippen LogP contribution < -0.4 is 4.90 Å². The van der Waals surface area contributed by atoms with Gasteiger partial charge in [0.05, 0.1) is 33.2 Å². The summed E-state index contributed by atoms with van der Waals surface area (Å²) in [6, 6.07) is 92.8. The molecule has 0 radical (unpaired) electrons. The molecule has 0 amide bonds. The highest BCUT2D eigenvalue weighted by molar-refractivity contribution is 6.13. The first-order chi connectivity index (χ1) is 36.0. The van der Waals surface area contributed by atoms with Gasteiger partial charge >= 0.3 is 0 Å². The Kier molecular flexibility index (Phi) is 7.45. The SMILES string of the molecule is CC1(C)c2ccccc2-c2ccc(N(c3ccc4c(c3)C3(c5ccccc5-c5ccccc53)c3ccccc3-4)c3cccc4c3-c3ccccc3C43c4ccccc4-n4c5ccccc5c5cccc3c54)cc21. The normalized spacial score (nSPS) is 16.6. The van der Waals surface area contributed by atoms with Gasteiger partial charge in [-0.1, -0.05) is 214 Å². The van der Waals surface area contributed by atoms with Crippen molar-refractivity contribution in [1.29, 1.82) is 0 Å². The third kappa shape index (κ3) is 4.59. The Labute approximate surface area is 424 Å². The quantitative estimate of drug-likeness (QED) is 0.171. The van der Waals surface area contributed by atoms with Crippen molar-refractivity contribution >= 4 is 38.9 Å². The van der Waals surface area contributed by atoms with E-state index in [1.807, 2.05) is 0 Å². The Balaban J connectivity index is 0.981. The predicted molar refractivity (Wildman–Crippen MR) is 300 cm³/mol. The van der Waals surface area contributed by atoms with Crippen molar-refractivity contribution in [2.45, 2.75) is 30.1 Å². The maximum Gasteiger partial charge on any atom is 0.0755 e. The lowest BCUT2D eigenvalue weighted by Gasteiger charge is -2.39. The second kappa shape index (κ2) is 13.7. The predicted octanol–water partition coefficient (Wildman–Crippen LogP) is 17.6. The number of para-hydroxylation sites is 3. The standard InChI is InChI=1S/C71H46N2/c1-69(2)54-26-9-3-19-45(54)49-39-37-43(41-62(49)69)72(44-38-40-50-48-22-6-12-29-57(48)70(63(50)42-44)55-27-10-4-20-46(55)47-21-5-11-28-56(47)70)66-36-18-32-60-67(66)53-24-7-13-30-58(53)71(60)59-31-14-16-35-65(59)73-64-34-15-8-23-51(64)52-25-17-33-61(71)68(52)73/h3-42H,1-2H3. The van der Waals surface area contributed by atoms with Crippen LogP contribution in [0.2, 0.25) is 0 Å². The molecular formula is C71H46N2. The molecule has 5 aliphatic rings. The maximum atomic E-state index is 2.62. The van der Waals surface area contributed by atoms with Crippen molar-refractivity contribution in [2.24, 2.45) is 0 Å². The van der Waals surface area contributed by atoms with Crippen molar-refractivity contribution in [3.63, 3.8) is 0 Å². The topological polar surface area (TPSA) is 8.17 Å². The van der Waals surface area contributed by atoms with Gasteiger partial charge in [-0.15, -0.1) is 0 Å². The van der Waals surface area contributed by atoms with E-state index in [9.17, 15) is 0 Å². The number of fused-ring (bicyclic) bond motifs is 25. The smallest absolute Gasteiger partial charge is 0.0755 e. The molecular weight excluding hydrogens is 881 g/mol. The molecule has 2 nitrogen and oxygen atoms in total. The Morgan fingerprint density at radius 1 is 0.315 bits per heavy atom. The lowest BCUT2D eigenvalue weighted by Crippen LogP contribution is -2.33. The van der Waals surface area contributed by atoms with Crippen LogP contribution in [0, 0.1) is 0 Å². The summed E-state index contributed by atoms with van der Waals surface area (Å²) >= 11 is 0. The number of hydrogen-bond donors (Lipinski definition) is 0. The largest absolute Gasteiger partial charge is 0.310 e. The Bertz CT molecular complexity index is 4380. The average molecular weight is 927 g/mol. The van der Waals surface area contributed by atoms with Crippen molar-refractivity contribution in [1.82, 2.24) is 4.57 Å². The Morgan fingerprint density at radius 3 is 1.42 bits per heavy atom. The zero-order chi connectivity index (χ0) is 48.0. The fourth-order valence-corrected chi connectivity index (χ4v) is 15.3. The van der Waals surface area contributed by atoms with Crippen molar-refractivity contribution in [3.8, 4) is 50.2 Å². The third-order valence-electron chi connectivity index (χ3n) is 18.0. The third-order valence-corrected chi connectivity index (χ3v) is 18.0. The monoisotopic (exact) mass is 926 g/mol. The van der Waals surface area contributed by atoms with Crippen LogP contribution in [-0.2, 0) is 16.2 Å². The van der Waals surface area contributed by atoms with Crippen molar-refractivity contribution in [2.75, 3.05) is 4.90 Å². The van der Waals surface area contributed by atoms with Crippen LogP contribution in [0.5, 0.6) is 0 Å². The number of rotatable bonds is 3. The minimum Gasteiger partial charge on any atom is -0.310 e. The first kappa shape index (κ1) is 39.7. The maximum absolute atomic E-state index is 2.62. The second-order valence-corrected chi connectivity index (χ2v) is 21.4. The minimum absolute atomic E-state index is 0.188. The van der Waals surface area contributed by atoms with E-state index in [1.165, 1.54) is 133 Å². The molecule has 17 rings (SSSR count). The minimum atomic E-state index is -0.587. The van der Waals surface area contributed by atoms with Gasteiger partial charge < -0.3 is 9.47 Å². The van der Waals surface area contributed by atoms with Gasteiger partial charge in [-0.25, -0.2) is 0 Å². The fourth-order valence-electron chi connectivity index (χ4n) is 15.3. The molecule has 1 unspecified atom stereocenters. The summed E-state index contributed by atoms with van der Waals surface area (Å²) in [6.45, 7) is 4.80. The molecule has 1 aromatic heterocycles. The summed E-state index contributed by atoms with van der Waals surface area (Å²) < 4.78 is 2.54. The van der Waals surface area contributed by atoms with Crippen LogP contribution >= 0.6 is 0 Å². The first-order valence-electron chi connectivity index (χ1n) is 25.8. The van der Waals surface area contributed by atoms with E-state index in [0.29, 0.717) is 0 Å². The van der Waals surface area contributed by atoms with Gasteiger partial charge in [0.2, 0.25) is 0 Å². The molecule has 2 heteroatoms. The van der Waals surface area contributed by atoms with E-state index < -0.39 is 10.8 Å². The van der Waals surface area contributed by atoms with Crippen molar-refractivity contribution in [3.05, 3.63) is 298 Å². The summed E-state index contributed by atoms with van der Waals surface area (Å²) in [4.78, 5) is 2.62. The summed E-state index contributed by atoms with van der Waals surface area (Å²) in [5.74, 6) is 0. The van der Waals surface area contributed by atoms with E-state index >= 15 is 0 Å². The Morgan fingerprint density at radius 2 is 0.753 bits per heavy atom. The van der Waals surface area contributed by atoms with E-state index in [2.05, 4.69) is 266 Å². The van der Waals surface area contributed by atoms with E-state index in [4.69, 9.17) is 0 Å². The van der Waals surface area contributed by atoms with Gasteiger partial charge in [-0.05, 0) is 137 Å². The number of anilines is 3. The molecule has 4 aliphatic carbocycles. The van der Waals surface area contributed by atoms with Crippen LogP contribution in [0.4, 0.5) is 17.1 Å². The van der Waals surface area contributed by atoms with E-state index in [0.717, 1.165) is 11.4 Å². The van der Waals surface area contributed by atoms with Gasteiger partial charge in [-0.2, -0.15) is 0 Å². The molecule has 1 atom stereocenters. The fraction of sp³-hybridized carbons (Fsp3) is 0.0704. The molecule has 11 aromatic carbocycles. The molecule has 0 fully saturated rings. The van der Waals surface area contributed by atoms with Crippen LogP contribution in [0.25, 0.3) is 72.0 Å². The molecule has 73 heavy (non-hydrogen) atoms. The molecule has 0 saturated heterocycles. The van der Waals surface area contributed by atoms with Gasteiger partial charge in [0.25, 0.3) is 0 Å². The van der Waals surface area contributed by atoms with Crippen molar-refractivity contribution < 1.29 is 0 Å². The summed E-state index contributed by atoms with van der Waals surface area (Å²) in [5, 5.41) is 2.57. The highest BCUT2D eigenvalue weighted by Crippen LogP contribution is 2.66. The van der Waals surface area contributed by atoms with Gasteiger partial charge in [0.1, 0.15) is 0 Å². The summed E-state index contributed by atoms with van der Waals surface area (Å²) in [5.41, 5.74) is 29.7. The second-order valence-electron chi connectivity index (χ2n) is 21.4. The zero-order valence-electron chi connectivity index (χ0n) is 40.5. The zero-order valence-corrected chi connectivity index (χ0v) is 40.5. The lowest BCUT2D eigenvalue weighted by atomic mass is 9.65. The number of nitrogens with zero attached hydrogens (tertiary/aromatic N) is 2.